The summed E-state index contributed by atoms with van der Waals surface area (Å²) in [7, 11) is 0. The molecule has 0 bridgehead atoms. The zero-order valence-corrected chi connectivity index (χ0v) is 6.38. The van der Waals surface area contributed by atoms with Gasteiger partial charge in [-0.2, -0.15) is 0 Å². The van der Waals surface area contributed by atoms with E-state index >= 15 is 0 Å². The third-order valence-electron chi connectivity index (χ3n) is 1.43. The van der Waals surface area contributed by atoms with Crippen molar-refractivity contribution in [3.8, 4) is 0 Å². The van der Waals surface area contributed by atoms with Crippen LogP contribution < -0.4 is 4.90 Å². The van der Waals surface area contributed by atoms with E-state index in [2.05, 4.69) is 9.79 Å². The van der Waals surface area contributed by atoms with Gasteiger partial charge in [0, 0.05) is 17.3 Å². The first-order valence-corrected chi connectivity index (χ1v) is 3.41. The molecule has 0 atom stereocenters. The van der Waals surface area contributed by atoms with Gasteiger partial charge in [0.25, 0.3) is 5.52 Å². The molecule has 0 spiro atoms. The Morgan fingerprint density at radius 2 is 2.33 bits per heavy atom. The Labute approximate surface area is 70.7 Å². The molecule has 0 saturated carbocycles. The smallest absolute Gasteiger partial charge is 0.251 e. The van der Waals surface area contributed by atoms with Gasteiger partial charge in [-0.05, 0) is 4.90 Å². The van der Waals surface area contributed by atoms with Crippen LogP contribution >= 0.6 is 11.6 Å². The van der Waals surface area contributed by atoms with E-state index in [-0.39, 0.29) is 21.0 Å². The van der Waals surface area contributed by atoms with Gasteiger partial charge in [-0.3, -0.25) is 4.63 Å². The summed E-state index contributed by atoms with van der Waals surface area (Å²) in [6.07, 6.45) is 0. The van der Waals surface area contributed by atoms with Gasteiger partial charge in [0.2, 0.25) is 5.52 Å². The summed E-state index contributed by atoms with van der Waals surface area (Å²) in [5.74, 6) is -0.627. The maximum Gasteiger partial charge on any atom is 0.251 e. The SMILES string of the molecule is [O-][n+]1onc2cc(F)c(Cl)cc21. The third kappa shape index (κ3) is 0.902. The first-order chi connectivity index (χ1) is 5.68. The van der Waals surface area contributed by atoms with E-state index in [0.717, 1.165) is 12.1 Å². The van der Waals surface area contributed by atoms with Crippen LogP contribution in [-0.2, 0) is 0 Å². The van der Waals surface area contributed by atoms with E-state index in [1.165, 1.54) is 0 Å². The van der Waals surface area contributed by atoms with Crippen LogP contribution in [0.4, 0.5) is 4.39 Å². The molecule has 0 fully saturated rings. The highest BCUT2D eigenvalue weighted by atomic mass is 35.5. The molecule has 0 saturated heterocycles. The molecule has 0 aliphatic carbocycles. The molecule has 0 unspecified atom stereocenters. The predicted octanol–water partition coefficient (Wildman–Crippen LogP) is 1.25. The summed E-state index contributed by atoms with van der Waals surface area (Å²) in [5, 5.41) is 13.9. The zero-order chi connectivity index (χ0) is 8.72. The van der Waals surface area contributed by atoms with Crippen LogP contribution in [0.3, 0.4) is 0 Å². The lowest BCUT2D eigenvalue weighted by atomic mass is 10.3. The second-order valence-electron chi connectivity index (χ2n) is 2.19. The lowest BCUT2D eigenvalue weighted by Gasteiger charge is -1.89. The van der Waals surface area contributed by atoms with Gasteiger partial charge >= 0.3 is 0 Å². The fourth-order valence-electron chi connectivity index (χ4n) is 0.870. The molecule has 1 aromatic carbocycles. The Morgan fingerprint density at radius 1 is 1.58 bits per heavy atom. The van der Waals surface area contributed by atoms with Gasteiger partial charge in [0.15, 0.2) is 0 Å². The highest BCUT2D eigenvalue weighted by molar-refractivity contribution is 6.31. The van der Waals surface area contributed by atoms with Crippen molar-refractivity contribution in [3.63, 3.8) is 0 Å². The number of hydrogen-bond acceptors (Lipinski definition) is 3. The molecule has 2 rings (SSSR count). The molecular weight excluding hydrogens is 187 g/mol. The summed E-state index contributed by atoms with van der Waals surface area (Å²) in [4.78, 5) is 0.167. The van der Waals surface area contributed by atoms with E-state index in [4.69, 9.17) is 11.6 Å². The molecule has 2 aromatic rings. The van der Waals surface area contributed by atoms with E-state index in [1.54, 1.807) is 0 Å². The third-order valence-corrected chi connectivity index (χ3v) is 1.72. The fourth-order valence-corrected chi connectivity index (χ4v) is 1.03. The molecule has 1 aromatic heterocycles. The zero-order valence-electron chi connectivity index (χ0n) is 5.62. The summed E-state index contributed by atoms with van der Waals surface area (Å²) in [6.45, 7) is 0. The average molecular weight is 189 g/mol. The molecule has 12 heavy (non-hydrogen) atoms. The minimum absolute atomic E-state index is 0.112. The van der Waals surface area contributed by atoms with Crippen molar-refractivity contribution in [3.05, 3.63) is 28.2 Å². The van der Waals surface area contributed by atoms with Crippen LogP contribution in [0.1, 0.15) is 0 Å². The average Bonchev–Trinajstić information content (AvgIpc) is 2.35. The number of aromatic nitrogens is 2. The molecule has 0 aliphatic rings. The van der Waals surface area contributed by atoms with Crippen molar-refractivity contribution in [2.24, 2.45) is 0 Å². The lowest BCUT2D eigenvalue weighted by Crippen LogP contribution is -2.22. The van der Waals surface area contributed by atoms with E-state index in [1.807, 2.05) is 0 Å². The standard InChI is InChI=1S/C6H2ClFN2O2/c7-3-1-6-5(2-4(3)8)9-12-10(6)11/h1-2H. The van der Waals surface area contributed by atoms with Crippen molar-refractivity contribution in [2.45, 2.75) is 0 Å². The van der Waals surface area contributed by atoms with Crippen molar-refractivity contribution < 1.29 is 13.9 Å². The molecule has 1 heterocycles. The minimum atomic E-state index is -0.627. The Bertz CT molecular complexity index is 442. The molecule has 62 valence electrons. The number of rotatable bonds is 0. The van der Waals surface area contributed by atoms with Crippen LogP contribution in [0.5, 0.6) is 0 Å². The Balaban J connectivity index is 2.87. The largest absolute Gasteiger partial charge is 0.359 e. The van der Waals surface area contributed by atoms with Crippen molar-refractivity contribution >= 4 is 22.6 Å². The molecular formula is C6H2ClFN2O2. The number of fused-ring (bicyclic) bond motifs is 1. The number of nitrogens with zero attached hydrogens (tertiary/aromatic N) is 2. The first kappa shape index (κ1) is 7.30. The summed E-state index contributed by atoms with van der Waals surface area (Å²) in [5.41, 5.74) is 0.258. The monoisotopic (exact) mass is 188 g/mol. The second-order valence-corrected chi connectivity index (χ2v) is 2.59. The normalized spacial score (nSPS) is 10.8. The van der Waals surface area contributed by atoms with Crippen LogP contribution in [0.15, 0.2) is 16.8 Å². The van der Waals surface area contributed by atoms with Gasteiger partial charge < -0.3 is 5.21 Å². The highest BCUT2D eigenvalue weighted by Crippen LogP contribution is 2.18. The minimum Gasteiger partial charge on any atom is -0.359 e. The Morgan fingerprint density at radius 3 is 3.08 bits per heavy atom. The second kappa shape index (κ2) is 2.31. The van der Waals surface area contributed by atoms with Crippen LogP contribution in [-0.4, -0.2) is 5.16 Å². The van der Waals surface area contributed by atoms with Crippen molar-refractivity contribution in [2.75, 3.05) is 0 Å². The Hall–Kier alpha value is -1.36. The molecule has 0 amide bonds. The van der Waals surface area contributed by atoms with Crippen LogP contribution in [0.2, 0.25) is 5.02 Å². The van der Waals surface area contributed by atoms with E-state index < -0.39 is 5.82 Å². The van der Waals surface area contributed by atoms with Crippen LogP contribution in [0.25, 0.3) is 11.0 Å². The molecule has 4 nitrogen and oxygen atoms in total. The molecule has 0 aliphatic heterocycles. The lowest BCUT2D eigenvalue weighted by molar-refractivity contribution is -0.782. The highest BCUT2D eigenvalue weighted by Gasteiger charge is 2.12. The van der Waals surface area contributed by atoms with Gasteiger partial charge in [-0.25, -0.2) is 4.39 Å². The van der Waals surface area contributed by atoms with Crippen LogP contribution in [0, 0.1) is 11.0 Å². The number of halogens is 2. The fraction of sp³-hybridized carbons (Fsp3) is 0. The maximum atomic E-state index is 12.7. The summed E-state index contributed by atoms with van der Waals surface area (Å²) >= 11 is 5.42. The molecule has 6 heteroatoms. The maximum absolute atomic E-state index is 12.7. The first-order valence-electron chi connectivity index (χ1n) is 3.03. The summed E-state index contributed by atoms with van der Waals surface area (Å²) in [6, 6.07) is 2.20. The quantitative estimate of drug-likeness (QED) is 0.585. The van der Waals surface area contributed by atoms with Crippen molar-refractivity contribution in [1.82, 2.24) is 5.16 Å². The predicted molar refractivity (Wildman–Crippen MR) is 37.9 cm³/mol. The number of hydrogen-bond donors (Lipinski definition) is 0. The topological polar surface area (TPSA) is 53.0 Å². The van der Waals surface area contributed by atoms with Gasteiger partial charge in [0.05, 0.1) is 5.02 Å². The molecule has 0 radical (unpaired) electrons. The summed E-state index contributed by atoms with van der Waals surface area (Å²) < 4.78 is 16.9. The number of benzene rings is 1. The Kier molecular flexibility index (Phi) is 1.41. The van der Waals surface area contributed by atoms with Gasteiger partial charge in [0.1, 0.15) is 5.82 Å². The van der Waals surface area contributed by atoms with E-state index in [9.17, 15) is 9.60 Å². The van der Waals surface area contributed by atoms with Gasteiger partial charge in [-0.1, -0.05) is 11.6 Å². The van der Waals surface area contributed by atoms with Crippen molar-refractivity contribution in [1.29, 1.82) is 0 Å². The van der Waals surface area contributed by atoms with E-state index in [0.29, 0.717) is 0 Å². The van der Waals surface area contributed by atoms with Gasteiger partial charge in [-0.15, -0.1) is 0 Å². The molecule has 0 N–H and O–H groups in total.